The summed E-state index contributed by atoms with van der Waals surface area (Å²) in [5, 5.41) is 14.6. The summed E-state index contributed by atoms with van der Waals surface area (Å²) >= 11 is 0. The highest BCUT2D eigenvalue weighted by Crippen LogP contribution is 2.31. The highest BCUT2D eigenvalue weighted by Gasteiger charge is 2.35. The van der Waals surface area contributed by atoms with E-state index in [9.17, 15) is 18.5 Å². The number of hydrogen-bond acceptors (Lipinski definition) is 7. The van der Waals surface area contributed by atoms with Gasteiger partial charge in [0.1, 0.15) is 5.75 Å². The number of ether oxygens (including phenoxy) is 1. The first kappa shape index (κ1) is 18.1. The van der Waals surface area contributed by atoms with Crippen LogP contribution in [0.15, 0.2) is 23.1 Å². The van der Waals surface area contributed by atoms with Crippen LogP contribution in [0.3, 0.4) is 0 Å². The first-order chi connectivity index (χ1) is 11.9. The van der Waals surface area contributed by atoms with E-state index < -0.39 is 20.6 Å². The molecular formula is C15H22N4O5S. The molecule has 0 spiro atoms. The van der Waals surface area contributed by atoms with Crippen molar-refractivity contribution in [2.45, 2.75) is 17.4 Å². The fourth-order valence-corrected chi connectivity index (χ4v) is 4.94. The van der Waals surface area contributed by atoms with Gasteiger partial charge in [-0.05, 0) is 25.1 Å². The number of rotatable bonds is 5. The molecule has 0 bridgehead atoms. The van der Waals surface area contributed by atoms with Crippen molar-refractivity contribution in [3.8, 4) is 5.75 Å². The minimum atomic E-state index is -3.92. The number of piperazine rings is 1. The smallest absolute Gasteiger partial charge is 0.293 e. The van der Waals surface area contributed by atoms with Crippen molar-refractivity contribution in [3.05, 3.63) is 28.3 Å². The van der Waals surface area contributed by atoms with Gasteiger partial charge < -0.3 is 10.1 Å². The molecule has 1 atom stereocenters. The molecule has 9 nitrogen and oxygen atoms in total. The van der Waals surface area contributed by atoms with Crippen molar-refractivity contribution < 1.29 is 18.1 Å². The van der Waals surface area contributed by atoms with Crippen LogP contribution in [0.5, 0.6) is 5.75 Å². The second-order valence-corrected chi connectivity index (χ2v) is 8.08. The monoisotopic (exact) mass is 370 g/mol. The molecule has 138 valence electrons. The van der Waals surface area contributed by atoms with Crippen LogP contribution in [0.25, 0.3) is 0 Å². The Labute approximate surface area is 146 Å². The van der Waals surface area contributed by atoms with Crippen molar-refractivity contribution in [1.82, 2.24) is 14.5 Å². The molecule has 2 saturated heterocycles. The van der Waals surface area contributed by atoms with Gasteiger partial charge >= 0.3 is 0 Å². The molecule has 25 heavy (non-hydrogen) atoms. The fourth-order valence-electron chi connectivity index (χ4n) is 3.38. The second kappa shape index (κ2) is 7.24. The molecule has 1 aromatic carbocycles. The molecule has 2 fully saturated rings. The van der Waals surface area contributed by atoms with E-state index in [1.807, 2.05) is 0 Å². The van der Waals surface area contributed by atoms with E-state index in [0.717, 1.165) is 25.6 Å². The summed E-state index contributed by atoms with van der Waals surface area (Å²) in [6, 6.07) is 4.27. The summed E-state index contributed by atoms with van der Waals surface area (Å²) < 4.78 is 32.1. The third-order valence-electron chi connectivity index (χ3n) is 4.80. The Morgan fingerprint density at radius 2 is 2.00 bits per heavy atom. The number of benzene rings is 1. The van der Waals surface area contributed by atoms with E-state index in [1.54, 1.807) is 0 Å². The second-order valence-electron chi connectivity index (χ2n) is 6.18. The van der Waals surface area contributed by atoms with Gasteiger partial charge in [0.15, 0.2) is 4.90 Å². The topological polar surface area (TPSA) is 105 Å². The average Bonchev–Trinajstić information content (AvgIpc) is 3.16. The summed E-state index contributed by atoms with van der Waals surface area (Å²) in [5.41, 5.74) is -0.457. The fraction of sp³-hybridized carbons (Fsp3) is 0.600. The number of nitro benzene ring substituents is 1. The van der Waals surface area contributed by atoms with Crippen LogP contribution < -0.4 is 10.1 Å². The molecule has 10 heteroatoms. The van der Waals surface area contributed by atoms with E-state index >= 15 is 0 Å². The van der Waals surface area contributed by atoms with Gasteiger partial charge in [-0.25, -0.2) is 8.42 Å². The molecule has 2 aliphatic heterocycles. The van der Waals surface area contributed by atoms with Crippen LogP contribution in [0.2, 0.25) is 0 Å². The number of nitrogens with one attached hydrogen (secondary N) is 1. The zero-order chi connectivity index (χ0) is 18.0. The molecule has 0 amide bonds. The minimum absolute atomic E-state index is 0.254. The number of nitrogens with zero attached hydrogens (tertiary/aromatic N) is 3. The molecule has 0 aliphatic carbocycles. The predicted octanol–water partition coefficient (Wildman–Crippen LogP) is 0.272. The van der Waals surface area contributed by atoms with Crippen LogP contribution in [0, 0.1) is 10.1 Å². The molecule has 2 heterocycles. The highest BCUT2D eigenvalue weighted by atomic mass is 32.2. The molecule has 0 saturated carbocycles. The van der Waals surface area contributed by atoms with Gasteiger partial charge in [0, 0.05) is 38.8 Å². The lowest BCUT2D eigenvalue weighted by atomic mass is 10.2. The zero-order valence-corrected chi connectivity index (χ0v) is 14.9. The van der Waals surface area contributed by atoms with Crippen molar-refractivity contribution in [2.75, 3.05) is 46.4 Å². The SMILES string of the molecule is COc1ccc(S(=O)(=O)N2CCN(C3CCNC3)CC2)c([N+](=O)[O-])c1. The Bertz CT molecular complexity index is 740. The Kier molecular flexibility index (Phi) is 5.23. The van der Waals surface area contributed by atoms with E-state index in [1.165, 1.54) is 23.5 Å². The summed E-state index contributed by atoms with van der Waals surface area (Å²) in [5.74, 6) is 0.254. The lowest BCUT2D eigenvalue weighted by Gasteiger charge is -2.37. The van der Waals surface area contributed by atoms with Gasteiger partial charge in [0.25, 0.3) is 5.69 Å². The minimum Gasteiger partial charge on any atom is -0.497 e. The van der Waals surface area contributed by atoms with Gasteiger partial charge in [-0.2, -0.15) is 4.31 Å². The normalized spacial score (nSPS) is 22.8. The Morgan fingerprint density at radius 3 is 2.56 bits per heavy atom. The van der Waals surface area contributed by atoms with Crippen LogP contribution in [-0.4, -0.2) is 75.0 Å². The first-order valence-corrected chi connectivity index (χ1v) is 9.65. The van der Waals surface area contributed by atoms with Crippen LogP contribution >= 0.6 is 0 Å². The predicted molar refractivity (Wildman–Crippen MR) is 91.3 cm³/mol. The van der Waals surface area contributed by atoms with Gasteiger partial charge in [0.2, 0.25) is 10.0 Å². The quantitative estimate of drug-likeness (QED) is 0.586. The Hall–Kier alpha value is -1.75. The molecule has 1 aromatic rings. The first-order valence-electron chi connectivity index (χ1n) is 8.21. The summed E-state index contributed by atoms with van der Waals surface area (Å²) in [7, 11) is -2.54. The molecule has 0 radical (unpaired) electrons. The number of hydrogen-bond donors (Lipinski definition) is 1. The number of nitro groups is 1. The van der Waals surface area contributed by atoms with Crippen molar-refractivity contribution in [2.24, 2.45) is 0 Å². The van der Waals surface area contributed by atoms with E-state index in [-0.39, 0.29) is 10.6 Å². The third kappa shape index (κ3) is 3.61. The van der Waals surface area contributed by atoms with Gasteiger partial charge in [0.05, 0.1) is 18.1 Å². The van der Waals surface area contributed by atoms with Crippen molar-refractivity contribution >= 4 is 15.7 Å². The molecular weight excluding hydrogens is 348 g/mol. The van der Waals surface area contributed by atoms with Crippen molar-refractivity contribution in [1.29, 1.82) is 0 Å². The van der Waals surface area contributed by atoms with E-state index in [0.29, 0.717) is 32.2 Å². The number of methoxy groups -OCH3 is 1. The van der Waals surface area contributed by atoms with Gasteiger partial charge in [-0.1, -0.05) is 0 Å². The average molecular weight is 370 g/mol. The van der Waals surface area contributed by atoms with E-state index in [4.69, 9.17) is 4.74 Å². The highest BCUT2D eigenvalue weighted by molar-refractivity contribution is 7.89. The van der Waals surface area contributed by atoms with Crippen molar-refractivity contribution in [3.63, 3.8) is 0 Å². The molecule has 0 aromatic heterocycles. The molecule has 3 rings (SSSR count). The van der Waals surface area contributed by atoms with Gasteiger partial charge in [-0.15, -0.1) is 0 Å². The molecule has 1 N–H and O–H groups in total. The Balaban J connectivity index is 1.79. The summed E-state index contributed by atoms with van der Waals surface area (Å²) in [6.45, 7) is 3.85. The van der Waals surface area contributed by atoms with E-state index in [2.05, 4.69) is 10.2 Å². The lowest BCUT2D eigenvalue weighted by molar-refractivity contribution is -0.387. The van der Waals surface area contributed by atoms with Crippen LogP contribution in [0.1, 0.15) is 6.42 Å². The standard InChI is InChI=1S/C15H22N4O5S/c1-24-13-2-3-15(14(10-13)19(20)21)25(22,23)18-8-6-17(7-9-18)12-4-5-16-11-12/h2-3,10,12,16H,4-9,11H2,1H3. The largest absolute Gasteiger partial charge is 0.497 e. The maximum Gasteiger partial charge on any atom is 0.293 e. The molecule has 2 aliphatic rings. The maximum atomic E-state index is 12.9. The summed E-state index contributed by atoms with van der Waals surface area (Å²) in [6.07, 6.45) is 1.07. The third-order valence-corrected chi connectivity index (χ3v) is 6.75. The van der Waals surface area contributed by atoms with Gasteiger partial charge in [-0.3, -0.25) is 15.0 Å². The number of sulfonamides is 1. The molecule has 1 unspecified atom stereocenters. The van der Waals surface area contributed by atoms with Crippen LogP contribution in [-0.2, 0) is 10.0 Å². The zero-order valence-electron chi connectivity index (χ0n) is 14.1. The van der Waals surface area contributed by atoms with Crippen LogP contribution in [0.4, 0.5) is 5.69 Å². The maximum absolute atomic E-state index is 12.9. The Morgan fingerprint density at radius 1 is 1.28 bits per heavy atom. The summed E-state index contributed by atoms with van der Waals surface area (Å²) in [4.78, 5) is 12.6. The lowest BCUT2D eigenvalue weighted by Crippen LogP contribution is -2.52.